The summed E-state index contributed by atoms with van der Waals surface area (Å²) in [4.78, 5) is 14.4. The molecule has 1 heterocycles. The van der Waals surface area contributed by atoms with Crippen molar-refractivity contribution in [3.05, 3.63) is 29.8 Å². The maximum atomic E-state index is 12.0. The number of ether oxygens (including phenoxy) is 2. The van der Waals surface area contributed by atoms with Crippen LogP contribution in [0.1, 0.15) is 12.0 Å². The summed E-state index contributed by atoms with van der Waals surface area (Å²) in [6.07, 6.45) is 2.69. The highest BCUT2D eigenvalue weighted by atomic mass is 35.5. The first kappa shape index (κ1) is 23.0. The van der Waals surface area contributed by atoms with E-state index in [1.165, 1.54) is 0 Å². The van der Waals surface area contributed by atoms with Crippen LogP contribution in [0.5, 0.6) is 5.75 Å². The number of para-hydroxylation sites is 1. The lowest BCUT2D eigenvalue weighted by molar-refractivity contribution is -0.122. The first-order chi connectivity index (χ1) is 12.2. The molecule has 1 aromatic rings. The molecule has 8 heteroatoms. The second-order valence-electron chi connectivity index (χ2n) is 6.02. The Morgan fingerprint density at radius 3 is 2.85 bits per heavy atom. The SMILES string of the molecule is CSCC[C@H](N)C(=O)NCc1ccccc1OCCN1CCOCC1.Cl. The number of nitrogens with zero attached hydrogens (tertiary/aromatic N) is 1. The molecule has 1 aliphatic rings. The van der Waals surface area contributed by atoms with Crippen LogP contribution in [0.4, 0.5) is 0 Å². The lowest BCUT2D eigenvalue weighted by atomic mass is 10.2. The van der Waals surface area contributed by atoms with Crippen LogP contribution >= 0.6 is 24.2 Å². The van der Waals surface area contributed by atoms with E-state index >= 15 is 0 Å². The standard InChI is InChI=1S/C18H29N3O3S.ClH/c1-25-13-6-16(19)18(22)20-14-15-4-2-3-5-17(15)24-12-9-21-7-10-23-11-8-21;/h2-5,16H,6-14,19H2,1H3,(H,20,22);1H/t16-;/m0./s1. The van der Waals surface area contributed by atoms with Gasteiger partial charge in [0, 0.05) is 31.7 Å². The van der Waals surface area contributed by atoms with Gasteiger partial charge < -0.3 is 20.5 Å². The van der Waals surface area contributed by atoms with Crippen LogP contribution in [0.15, 0.2) is 24.3 Å². The van der Waals surface area contributed by atoms with Crippen LogP contribution in [-0.2, 0) is 16.1 Å². The van der Waals surface area contributed by atoms with Crippen LogP contribution in [0, 0.1) is 0 Å². The maximum Gasteiger partial charge on any atom is 0.237 e. The van der Waals surface area contributed by atoms with Gasteiger partial charge in [-0.1, -0.05) is 18.2 Å². The number of benzene rings is 1. The van der Waals surface area contributed by atoms with Crippen molar-refractivity contribution in [2.45, 2.75) is 19.0 Å². The number of amides is 1. The minimum absolute atomic E-state index is 0. The summed E-state index contributed by atoms with van der Waals surface area (Å²) in [6, 6.07) is 7.34. The Bertz CT molecular complexity index is 530. The number of carbonyl (C=O) groups excluding carboxylic acids is 1. The Labute approximate surface area is 166 Å². The molecule has 6 nitrogen and oxygen atoms in total. The third-order valence-electron chi connectivity index (χ3n) is 4.16. The first-order valence-electron chi connectivity index (χ1n) is 8.73. The molecular formula is C18H30ClN3O3S. The number of halogens is 1. The fourth-order valence-corrected chi connectivity index (χ4v) is 3.08. The largest absolute Gasteiger partial charge is 0.492 e. The molecule has 0 unspecified atom stereocenters. The number of morpholine rings is 1. The highest BCUT2D eigenvalue weighted by Gasteiger charge is 2.14. The molecule has 1 amide bonds. The zero-order valence-corrected chi connectivity index (χ0v) is 16.9. The fraction of sp³-hybridized carbons (Fsp3) is 0.611. The predicted octanol–water partition coefficient (Wildman–Crippen LogP) is 1.52. The van der Waals surface area contributed by atoms with Gasteiger partial charge in [-0.15, -0.1) is 12.4 Å². The van der Waals surface area contributed by atoms with E-state index in [4.69, 9.17) is 15.2 Å². The molecule has 1 saturated heterocycles. The number of thioether (sulfide) groups is 1. The van der Waals surface area contributed by atoms with Crippen LogP contribution in [-0.4, -0.2) is 68.3 Å². The summed E-state index contributed by atoms with van der Waals surface area (Å²) < 4.78 is 11.3. The molecule has 1 aliphatic heterocycles. The molecular weight excluding hydrogens is 374 g/mol. The Balaban J connectivity index is 0.00000338. The van der Waals surface area contributed by atoms with Crippen molar-refractivity contribution in [2.24, 2.45) is 5.73 Å². The first-order valence-corrected chi connectivity index (χ1v) is 10.1. The van der Waals surface area contributed by atoms with E-state index in [1.807, 2.05) is 30.5 Å². The van der Waals surface area contributed by atoms with Crippen LogP contribution in [0.25, 0.3) is 0 Å². The van der Waals surface area contributed by atoms with Crippen molar-refractivity contribution < 1.29 is 14.3 Å². The van der Waals surface area contributed by atoms with Gasteiger partial charge in [0.15, 0.2) is 0 Å². The normalized spacial score (nSPS) is 15.8. The zero-order chi connectivity index (χ0) is 17.9. The van der Waals surface area contributed by atoms with E-state index in [9.17, 15) is 4.79 Å². The van der Waals surface area contributed by atoms with Crippen molar-refractivity contribution >= 4 is 30.1 Å². The Morgan fingerprint density at radius 1 is 1.38 bits per heavy atom. The van der Waals surface area contributed by atoms with E-state index in [0.29, 0.717) is 19.6 Å². The molecule has 3 N–H and O–H groups in total. The van der Waals surface area contributed by atoms with Gasteiger partial charge in [-0.25, -0.2) is 0 Å². The van der Waals surface area contributed by atoms with Gasteiger partial charge in [0.2, 0.25) is 5.91 Å². The maximum absolute atomic E-state index is 12.0. The summed E-state index contributed by atoms with van der Waals surface area (Å²) >= 11 is 1.69. The third kappa shape index (κ3) is 8.14. The smallest absolute Gasteiger partial charge is 0.237 e. The Kier molecular flexibility index (Phi) is 11.7. The van der Waals surface area contributed by atoms with Crippen molar-refractivity contribution in [2.75, 3.05) is 51.5 Å². The topological polar surface area (TPSA) is 76.8 Å². The van der Waals surface area contributed by atoms with Gasteiger partial charge in [0.25, 0.3) is 0 Å². The van der Waals surface area contributed by atoms with Gasteiger partial charge in [0.05, 0.1) is 19.3 Å². The van der Waals surface area contributed by atoms with E-state index < -0.39 is 6.04 Å². The Morgan fingerprint density at radius 2 is 2.12 bits per heavy atom. The molecule has 1 fully saturated rings. The van der Waals surface area contributed by atoms with Crippen molar-refractivity contribution in [3.8, 4) is 5.75 Å². The molecule has 0 radical (unpaired) electrons. The van der Waals surface area contributed by atoms with E-state index in [1.54, 1.807) is 11.8 Å². The molecule has 0 bridgehead atoms. The van der Waals surface area contributed by atoms with Crippen LogP contribution in [0.2, 0.25) is 0 Å². The zero-order valence-electron chi connectivity index (χ0n) is 15.3. The number of carbonyl (C=O) groups is 1. The van der Waals surface area contributed by atoms with Gasteiger partial charge in [0.1, 0.15) is 12.4 Å². The molecule has 1 aromatic carbocycles. The number of nitrogens with two attached hydrogens (primary N) is 1. The molecule has 0 aliphatic carbocycles. The highest BCUT2D eigenvalue weighted by Crippen LogP contribution is 2.18. The lowest BCUT2D eigenvalue weighted by Gasteiger charge is -2.26. The average Bonchev–Trinajstić information content (AvgIpc) is 2.66. The Hall–Kier alpha value is -0.990. The van der Waals surface area contributed by atoms with E-state index in [2.05, 4.69) is 10.2 Å². The molecule has 0 saturated carbocycles. The molecule has 1 atom stereocenters. The van der Waals surface area contributed by atoms with Crippen molar-refractivity contribution in [1.29, 1.82) is 0 Å². The summed E-state index contributed by atoms with van der Waals surface area (Å²) in [6.45, 7) is 5.42. The quantitative estimate of drug-likeness (QED) is 0.616. The van der Waals surface area contributed by atoms with Crippen molar-refractivity contribution in [3.63, 3.8) is 0 Å². The monoisotopic (exact) mass is 403 g/mol. The number of rotatable bonds is 10. The fourth-order valence-electron chi connectivity index (χ4n) is 2.59. The second-order valence-corrected chi connectivity index (χ2v) is 7.00. The van der Waals surface area contributed by atoms with E-state index in [0.717, 1.165) is 49.9 Å². The lowest BCUT2D eigenvalue weighted by Crippen LogP contribution is -2.40. The summed E-state index contributed by atoms with van der Waals surface area (Å²) in [5.41, 5.74) is 6.86. The molecule has 0 aromatic heterocycles. The average molecular weight is 404 g/mol. The minimum atomic E-state index is -0.457. The third-order valence-corrected chi connectivity index (χ3v) is 4.81. The van der Waals surface area contributed by atoms with Gasteiger partial charge in [-0.3, -0.25) is 9.69 Å². The minimum Gasteiger partial charge on any atom is -0.492 e. The number of hydrogen-bond donors (Lipinski definition) is 2. The summed E-state index contributed by atoms with van der Waals surface area (Å²) in [5, 5.41) is 2.91. The molecule has 0 spiro atoms. The highest BCUT2D eigenvalue weighted by molar-refractivity contribution is 7.98. The number of hydrogen-bond acceptors (Lipinski definition) is 6. The van der Waals surface area contributed by atoms with Gasteiger partial charge >= 0.3 is 0 Å². The second kappa shape index (κ2) is 13.2. The molecule has 148 valence electrons. The molecule has 26 heavy (non-hydrogen) atoms. The summed E-state index contributed by atoms with van der Waals surface area (Å²) in [7, 11) is 0. The van der Waals surface area contributed by atoms with Crippen molar-refractivity contribution in [1.82, 2.24) is 10.2 Å². The molecule has 2 rings (SSSR count). The van der Waals surface area contributed by atoms with Gasteiger partial charge in [-0.2, -0.15) is 11.8 Å². The van der Waals surface area contributed by atoms with Crippen LogP contribution < -0.4 is 15.8 Å². The summed E-state index contributed by atoms with van der Waals surface area (Å²) in [5.74, 6) is 1.58. The van der Waals surface area contributed by atoms with E-state index in [-0.39, 0.29) is 18.3 Å². The predicted molar refractivity (Wildman–Crippen MR) is 109 cm³/mol. The van der Waals surface area contributed by atoms with Crippen LogP contribution in [0.3, 0.4) is 0 Å². The number of nitrogens with one attached hydrogen (secondary N) is 1. The van der Waals surface area contributed by atoms with Gasteiger partial charge in [-0.05, 0) is 24.5 Å².